The minimum atomic E-state index is 0. The second-order valence-electron chi connectivity index (χ2n) is 8.12. The minimum absolute atomic E-state index is 0. The second-order valence-corrected chi connectivity index (χ2v) is 8.12. The topological polar surface area (TPSA) is 68.8 Å². The molecule has 2 N–H and O–H groups in total. The van der Waals surface area contributed by atoms with Crippen molar-refractivity contribution in [1.82, 2.24) is 25.1 Å². The number of nitrogens with zero attached hydrogens (tertiary/aromatic N) is 4. The van der Waals surface area contributed by atoms with E-state index in [1.165, 1.54) is 0 Å². The zero-order chi connectivity index (χ0) is 21.3. The van der Waals surface area contributed by atoms with Gasteiger partial charge in [-0.25, -0.2) is 4.98 Å². The van der Waals surface area contributed by atoms with E-state index in [0.717, 1.165) is 62.4 Å². The molecule has 2 aromatic rings. The third-order valence-corrected chi connectivity index (χ3v) is 5.51. The number of aliphatic imine (C=N–C) groups is 1. The lowest BCUT2D eigenvalue weighted by atomic mass is 10.0. The van der Waals surface area contributed by atoms with E-state index in [0.29, 0.717) is 18.5 Å². The van der Waals surface area contributed by atoms with Gasteiger partial charge in [0.15, 0.2) is 5.96 Å². The van der Waals surface area contributed by atoms with Gasteiger partial charge in [-0.1, -0.05) is 44.2 Å². The Morgan fingerprint density at radius 2 is 1.97 bits per heavy atom. The molecule has 1 aromatic heterocycles. The lowest BCUT2D eigenvalue weighted by Crippen LogP contribution is -2.48. The van der Waals surface area contributed by atoms with Crippen molar-refractivity contribution >= 4 is 29.9 Å². The van der Waals surface area contributed by atoms with E-state index in [9.17, 15) is 0 Å². The Kier molecular flexibility index (Phi) is 10.8. The smallest absolute Gasteiger partial charge is 0.194 e. The van der Waals surface area contributed by atoms with Crippen molar-refractivity contribution in [2.75, 3.05) is 46.4 Å². The predicted molar refractivity (Wildman–Crippen MR) is 138 cm³/mol. The molecule has 8 heteroatoms. The number of aromatic nitrogens is 2. The summed E-state index contributed by atoms with van der Waals surface area (Å²) in [7, 11) is 2.06. The van der Waals surface area contributed by atoms with Crippen LogP contribution in [0, 0.1) is 5.92 Å². The van der Waals surface area contributed by atoms with E-state index in [1.54, 1.807) is 0 Å². The number of guanidine groups is 1. The molecule has 1 saturated heterocycles. The summed E-state index contributed by atoms with van der Waals surface area (Å²) in [6.45, 7) is 12.5. The molecular formula is C23H37IN6O. The van der Waals surface area contributed by atoms with Crippen LogP contribution < -0.4 is 5.32 Å². The van der Waals surface area contributed by atoms with Crippen LogP contribution in [-0.2, 0) is 11.3 Å². The van der Waals surface area contributed by atoms with Gasteiger partial charge in [0.05, 0.1) is 38.2 Å². The standard InChI is InChI=1S/C23H36N6O.HI/c1-5-24-23(26-16-21(18(2)3)29-11-13-30-14-12-29)28(4)17-22-25-15-20(27-22)19-9-7-6-8-10-19;/h6-10,15,18,21H,5,11-14,16-17H2,1-4H3,(H,24,26)(H,25,27);1H. The van der Waals surface area contributed by atoms with E-state index >= 15 is 0 Å². The van der Waals surface area contributed by atoms with Crippen molar-refractivity contribution in [1.29, 1.82) is 0 Å². The van der Waals surface area contributed by atoms with Gasteiger partial charge in [-0.15, -0.1) is 24.0 Å². The van der Waals surface area contributed by atoms with Crippen LogP contribution in [0.4, 0.5) is 0 Å². The highest BCUT2D eigenvalue weighted by Crippen LogP contribution is 2.17. The molecule has 1 aromatic carbocycles. The maximum absolute atomic E-state index is 5.52. The van der Waals surface area contributed by atoms with Gasteiger partial charge < -0.3 is 19.9 Å². The highest BCUT2D eigenvalue weighted by Gasteiger charge is 2.24. The Morgan fingerprint density at radius 3 is 2.61 bits per heavy atom. The van der Waals surface area contributed by atoms with Gasteiger partial charge in [-0.2, -0.15) is 0 Å². The molecule has 7 nitrogen and oxygen atoms in total. The number of aromatic amines is 1. The number of halogens is 1. The lowest BCUT2D eigenvalue weighted by Gasteiger charge is -2.36. The molecule has 172 valence electrons. The van der Waals surface area contributed by atoms with Crippen molar-refractivity contribution in [3.05, 3.63) is 42.4 Å². The number of H-pyrrole nitrogens is 1. The van der Waals surface area contributed by atoms with Crippen molar-refractivity contribution < 1.29 is 4.74 Å². The Balaban J connectivity index is 0.00000341. The number of morpholine rings is 1. The third-order valence-electron chi connectivity index (χ3n) is 5.51. The molecule has 0 spiro atoms. The van der Waals surface area contributed by atoms with Crippen LogP contribution in [0.3, 0.4) is 0 Å². The molecule has 31 heavy (non-hydrogen) atoms. The molecular weight excluding hydrogens is 503 g/mol. The van der Waals surface area contributed by atoms with E-state index in [-0.39, 0.29) is 24.0 Å². The molecule has 1 aliphatic heterocycles. The fourth-order valence-corrected chi connectivity index (χ4v) is 3.81. The van der Waals surface area contributed by atoms with Crippen LogP contribution in [0.25, 0.3) is 11.3 Å². The van der Waals surface area contributed by atoms with E-state index < -0.39 is 0 Å². The first-order valence-electron chi connectivity index (χ1n) is 11.0. The number of hydrogen-bond acceptors (Lipinski definition) is 4. The Hall–Kier alpha value is -1.65. The van der Waals surface area contributed by atoms with Crippen LogP contribution in [0.1, 0.15) is 26.6 Å². The third kappa shape index (κ3) is 7.47. The molecule has 0 aliphatic carbocycles. The predicted octanol–water partition coefficient (Wildman–Crippen LogP) is 3.45. The van der Waals surface area contributed by atoms with Crippen molar-refractivity contribution in [3.8, 4) is 11.3 Å². The Morgan fingerprint density at radius 1 is 1.26 bits per heavy atom. The number of benzene rings is 1. The van der Waals surface area contributed by atoms with Crippen molar-refractivity contribution in [2.24, 2.45) is 10.9 Å². The number of nitrogens with one attached hydrogen (secondary N) is 2. The highest BCUT2D eigenvalue weighted by molar-refractivity contribution is 14.0. The molecule has 1 atom stereocenters. The van der Waals surface area contributed by atoms with Gasteiger partial charge in [0.1, 0.15) is 5.82 Å². The molecule has 0 radical (unpaired) electrons. The van der Waals surface area contributed by atoms with Crippen molar-refractivity contribution in [3.63, 3.8) is 0 Å². The summed E-state index contributed by atoms with van der Waals surface area (Å²) in [6.07, 6.45) is 1.90. The summed E-state index contributed by atoms with van der Waals surface area (Å²) in [4.78, 5) is 17.6. The van der Waals surface area contributed by atoms with Crippen LogP contribution >= 0.6 is 24.0 Å². The number of hydrogen-bond donors (Lipinski definition) is 2. The summed E-state index contributed by atoms with van der Waals surface area (Å²) >= 11 is 0. The summed E-state index contributed by atoms with van der Waals surface area (Å²) in [5, 5.41) is 3.43. The zero-order valence-electron chi connectivity index (χ0n) is 19.2. The summed E-state index contributed by atoms with van der Waals surface area (Å²) in [6, 6.07) is 10.7. The summed E-state index contributed by atoms with van der Waals surface area (Å²) in [5.41, 5.74) is 2.18. The monoisotopic (exact) mass is 540 g/mol. The quantitative estimate of drug-likeness (QED) is 0.305. The first-order chi connectivity index (χ1) is 14.6. The summed E-state index contributed by atoms with van der Waals surface area (Å²) in [5.74, 6) is 2.38. The maximum atomic E-state index is 5.52. The average molecular weight is 540 g/mol. The van der Waals surface area contributed by atoms with Crippen LogP contribution in [0.5, 0.6) is 0 Å². The number of rotatable bonds is 8. The van der Waals surface area contributed by atoms with Crippen LogP contribution in [0.15, 0.2) is 41.5 Å². The molecule has 3 rings (SSSR count). The first kappa shape index (κ1) is 25.6. The normalized spacial score (nSPS) is 16.1. The van der Waals surface area contributed by atoms with Crippen LogP contribution in [0.2, 0.25) is 0 Å². The van der Waals surface area contributed by atoms with E-state index in [1.807, 2.05) is 24.4 Å². The van der Waals surface area contributed by atoms with Gasteiger partial charge in [0.25, 0.3) is 0 Å². The Bertz CT molecular complexity index is 788. The molecule has 0 saturated carbocycles. The minimum Gasteiger partial charge on any atom is -0.379 e. The van der Waals surface area contributed by atoms with Gasteiger partial charge in [-0.05, 0) is 18.4 Å². The van der Waals surface area contributed by atoms with Crippen molar-refractivity contribution in [2.45, 2.75) is 33.4 Å². The highest BCUT2D eigenvalue weighted by atomic mass is 127. The van der Waals surface area contributed by atoms with E-state index in [4.69, 9.17) is 9.73 Å². The Labute approximate surface area is 203 Å². The molecule has 0 amide bonds. The lowest BCUT2D eigenvalue weighted by molar-refractivity contribution is 0.00863. The van der Waals surface area contributed by atoms with Crippen LogP contribution in [-0.4, -0.2) is 78.2 Å². The number of imidazole rings is 1. The largest absolute Gasteiger partial charge is 0.379 e. The fraction of sp³-hybridized carbons (Fsp3) is 0.565. The van der Waals surface area contributed by atoms with E-state index in [2.05, 4.69) is 65.0 Å². The van der Waals surface area contributed by atoms with Gasteiger partial charge in [-0.3, -0.25) is 9.89 Å². The average Bonchev–Trinajstić information content (AvgIpc) is 3.22. The van der Waals surface area contributed by atoms with Gasteiger partial charge in [0.2, 0.25) is 0 Å². The molecule has 1 unspecified atom stereocenters. The van der Waals surface area contributed by atoms with Gasteiger partial charge in [0, 0.05) is 32.7 Å². The SMILES string of the molecule is CCNC(=NCC(C(C)C)N1CCOCC1)N(C)Cc1ncc(-c2ccccc2)[nH]1.I. The molecule has 0 bridgehead atoms. The van der Waals surface area contributed by atoms with Gasteiger partial charge >= 0.3 is 0 Å². The summed E-state index contributed by atoms with van der Waals surface area (Å²) < 4.78 is 5.52. The number of ether oxygens (including phenoxy) is 1. The fourth-order valence-electron chi connectivity index (χ4n) is 3.81. The molecule has 2 heterocycles. The molecule has 1 aliphatic rings. The second kappa shape index (κ2) is 13.0. The first-order valence-corrected chi connectivity index (χ1v) is 11.0. The maximum Gasteiger partial charge on any atom is 0.194 e. The zero-order valence-corrected chi connectivity index (χ0v) is 21.5. The molecule has 1 fully saturated rings.